The number of benzene rings is 2. The lowest BCUT2D eigenvalue weighted by Gasteiger charge is -2.34. The van der Waals surface area contributed by atoms with Crippen LogP contribution in [0.2, 0.25) is 0 Å². The Bertz CT molecular complexity index is 1530. The highest BCUT2D eigenvalue weighted by Crippen LogP contribution is 2.33. The minimum atomic E-state index is -4.87. The predicted octanol–water partition coefficient (Wildman–Crippen LogP) is 2.79. The van der Waals surface area contributed by atoms with Crippen molar-refractivity contribution in [1.29, 1.82) is 0 Å². The number of aliphatic hydroxyl groups excluding tert-OH is 1. The van der Waals surface area contributed by atoms with Gasteiger partial charge in [-0.15, -0.1) is 13.2 Å². The molecule has 1 fully saturated rings. The van der Waals surface area contributed by atoms with Gasteiger partial charge in [-0.2, -0.15) is 4.31 Å². The van der Waals surface area contributed by atoms with Crippen LogP contribution in [0.4, 0.5) is 23.7 Å². The number of primary amides is 1. The van der Waals surface area contributed by atoms with Crippen LogP contribution in [0, 0.1) is 13.8 Å². The van der Waals surface area contributed by atoms with E-state index in [0.717, 1.165) is 17.5 Å². The third kappa shape index (κ3) is 6.74. The number of nitrogens with zero attached hydrogens (tertiary/aromatic N) is 3. The summed E-state index contributed by atoms with van der Waals surface area (Å²) in [5.74, 6) is -0.821. The number of nitrogens with two attached hydrogens (primary N) is 1. The molecule has 15 heteroatoms. The van der Waals surface area contributed by atoms with Crippen LogP contribution >= 0.6 is 0 Å². The molecule has 42 heavy (non-hydrogen) atoms. The highest BCUT2D eigenvalue weighted by Gasteiger charge is 2.47. The number of hydrogen-bond acceptors (Lipinski definition) is 7. The van der Waals surface area contributed by atoms with Gasteiger partial charge < -0.3 is 20.9 Å². The van der Waals surface area contributed by atoms with E-state index in [4.69, 9.17) is 5.73 Å². The van der Waals surface area contributed by atoms with Gasteiger partial charge in [-0.05, 0) is 73.7 Å². The molecule has 0 unspecified atom stereocenters. The van der Waals surface area contributed by atoms with E-state index < -0.39 is 39.6 Å². The topological polar surface area (TPSA) is 155 Å². The molecule has 4 N–H and O–H groups in total. The lowest BCUT2D eigenvalue weighted by molar-refractivity contribution is -0.274. The van der Waals surface area contributed by atoms with Crippen molar-refractivity contribution in [3.8, 4) is 5.75 Å². The van der Waals surface area contributed by atoms with E-state index in [1.807, 2.05) is 0 Å². The van der Waals surface area contributed by atoms with E-state index in [9.17, 15) is 36.3 Å². The molecule has 2 aliphatic rings. The fourth-order valence-electron chi connectivity index (χ4n) is 5.02. The lowest BCUT2D eigenvalue weighted by atomic mass is 9.89. The first-order valence-electron chi connectivity index (χ1n) is 12.9. The average Bonchev–Trinajstić information content (AvgIpc) is 3.21. The second-order valence-electron chi connectivity index (χ2n) is 9.98. The molecule has 0 aliphatic carbocycles. The molecular formula is C27H30F3N5O6S. The maximum Gasteiger partial charge on any atom is 0.573 e. The molecular weight excluding hydrogens is 579 g/mol. The van der Waals surface area contributed by atoms with Crippen molar-refractivity contribution < 1.29 is 41.0 Å². The van der Waals surface area contributed by atoms with Crippen molar-refractivity contribution in [1.82, 2.24) is 9.62 Å². The van der Waals surface area contributed by atoms with E-state index in [1.54, 1.807) is 26.0 Å². The van der Waals surface area contributed by atoms with E-state index in [0.29, 0.717) is 22.4 Å². The molecule has 0 atom stereocenters. The van der Waals surface area contributed by atoms with Crippen LogP contribution in [0.15, 0.2) is 46.8 Å². The summed E-state index contributed by atoms with van der Waals surface area (Å²) in [5.41, 5.74) is 6.88. The van der Waals surface area contributed by atoms with E-state index in [1.165, 1.54) is 27.4 Å². The number of aliphatic hydroxyl groups is 1. The minimum absolute atomic E-state index is 0.000267. The first kappa shape index (κ1) is 31.0. The van der Waals surface area contributed by atoms with E-state index in [2.05, 4.69) is 15.0 Å². The number of ether oxygens (including phenoxy) is 1. The van der Waals surface area contributed by atoms with Gasteiger partial charge in [0.1, 0.15) is 17.1 Å². The molecule has 2 heterocycles. The number of halogens is 3. The van der Waals surface area contributed by atoms with Gasteiger partial charge in [-0.3, -0.25) is 14.7 Å². The SMILES string of the molecule is Cc1cc(N(CCO)C(N)=O)cc(C)c1/C=C/S(=O)(=O)N1CCC2(CC1)N=C(c1cccc(OC(F)(F)F)c1)NC2=O. The Balaban J connectivity index is 1.48. The Labute approximate surface area is 240 Å². The average molecular weight is 610 g/mol. The van der Waals surface area contributed by atoms with E-state index >= 15 is 0 Å². The van der Waals surface area contributed by atoms with Gasteiger partial charge in [-0.1, -0.05) is 12.1 Å². The molecule has 0 saturated carbocycles. The number of carbonyl (C=O) groups excluding carboxylic acids is 2. The Kier molecular flexibility index (Phi) is 8.66. The van der Waals surface area contributed by atoms with Crippen molar-refractivity contribution in [2.45, 2.75) is 38.6 Å². The summed E-state index contributed by atoms with van der Waals surface area (Å²) in [6, 6.07) is 7.69. The number of alkyl halides is 3. The minimum Gasteiger partial charge on any atom is -0.406 e. The van der Waals surface area contributed by atoms with Crippen molar-refractivity contribution >= 4 is 39.6 Å². The number of rotatable bonds is 8. The maximum absolute atomic E-state index is 13.2. The highest BCUT2D eigenvalue weighted by atomic mass is 32.2. The van der Waals surface area contributed by atoms with Gasteiger partial charge in [-0.25, -0.2) is 13.2 Å². The zero-order chi connectivity index (χ0) is 30.9. The highest BCUT2D eigenvalue weighted by molar-refractivity contribution is 7.92. The van der Waals surface area contributed by atoms with Gasteiger partial charge in [0.05, 0.1) is 13.2 Å². The molecule has 0 bridgehead atoms. The number of urea groups is 1. The number of amidine groups is 1. The summed E-state index contributed by atoms with van der Waals surface area (Å²) in [7, 11) is -3.88. The first-order valence-corrected chi connectivity index (χ1v) is 14.4. The van der Waals surface area contributed by atoms with Crippen LogP contribution < -0.4 is 20.7 Å². The smallest absolute Gasteiger partial charge is 0.406 e. The zero-order valence-electron chi connectivity index (χ0n) is 22.8. The molecule has 2 aromatic carbocycles. The fourth-order valence-corrected chi connectivity index (χ4v) is 6.19. The Morgan fingerprint density at radius 1 is 1.21 bits per heavy atom. The Hall–Kier alpha value is -3.95. The number of nitrogens with one attached hydrogen (secondary N) is 1. The van der Waals surface area contributed by atoms with Crippen LogP contribution in [-0.4, -0.2) is 73.7 Å². The van der Waals surface area contributed by atoms with Crippen molar-refractivity contribution in [2.24, 2.45) is 10.7 Å². The normalized spacial score (nSPS) is 17.4. The second-order valence-corrected chi connectivity index (χ2v) is 11.8. The summed E-state index contributed by atoms with van der Waals surface area (Å²) >= 11 is 0. The van der Waals surface area contributed by atoms with Gasteiger partial charge in [0.15, 0.2) is 0 Å². The lowest BCUT2D eigenvalue weighted by Crippen LogP contribution is -2.50. The summed E-state index contributed by atoms with van der Waals surface area (Å²) in [5, 5.41) is 12.9. The Morgan fingerprint density at radius 2 is 1.86 bits per heavy atom. The van der Waals surface area contributed by atoms with Crippen LogP contribution in [0.3, 0.4) is 0 Å². The molecule has 1 spiro atoms. The number of sulfonamides is 1. The molecule has 226 valence electrons. The molecule has 2 aliphatic heterocycles. The van der Waals surface area contributed by atoms with E-state index in [-0.39, 0.29) is 50.5 Å². The van der Waals surface area contributed by atoms with Crippen LogP contribution in [-0.2, 0) is 14.8 Å². The quantitative estimate of drug-likeness (QED) is 0.418. The predicted molar refractivity (Wildman–Crippen MR) is 149 cm³/mol. The molecule has 3 amide bonds. The van der Waals surface area contributed by atoms with Gasteiger partial charge >= 0.3 is 12.4 Å². The number of carbonyl (C=O) groups is 2. The van der Waals surface area contributed by atoms with Crippen molar-refractivity contribution in [3.63, 3.8) is 0 Å². The molecule has 4 rings (SSSR count). The molecule has 0 aromatic heterocycles. The van der Waals surface area contributed by atoms with Crippen LogP contribution in [0.1, 0.15) is 35.1 Å². The summed E-state index contributed by atoms with van der Waals surface area (Å²) in [4.78, 5) is 30.3. The third-order valence-corrected chi connectivity index (χ3v) is 8.68. The number of aliphatic imine (C=N–C) groups is 1. The first-order chi connectivity index (χ1) is 19.6. The van der Waals surface area contributed by atoms with Gasteiger partial charge in [0.2, 0.25) is 10.0 Å². The Morgan fingerprint density at radius 3 is 2.43 bits per heavy atom. The number of anilines is 1. The van der Waals surface area contributed by atoms with Crippen molar-refractivity contribution in [3.05, 3.63) is 64.1 Å². The maximum atomic E-state index is 13.2. The monoisotopic (exact) mass is 609 g/mol. The van der Waals surface area contributed by atoms with Gasteiger partial charge in [0, 0.05) is 29.7 Å². The third-order valence-electron chi connectivity index (χ3n) is 7.12. The van der Waals surface area contributed by atoms with Gasteiger partial charge in [0.25, 0.3) is 5.91 Å². The number of aryl methyl sites for hydroxylation is 2. The molecule has 0 radical (unpaired) electrons. The van der Waals surface area contributed by atoms with Crippen LogP contribution in [0.5, 0.6) is 5.75 Å². The molecule has 11 nitrogen and oxygen atoms in total. The number of hydrogen-bond donors (Lipinski definition) is 3. The standard InChI is InChI=1S/C27H30F3N5O6S/c1-17-14-20(35(11-12-36)25(31)38)15-18(2)22(17)6-13-42(39,40)34-9-7-26(8-10-34)24(37)32-23(33-26)19-4-3-5-21(16-19)41-27(28,29)30/h3-6,13-16,36H,7-12H2,1-2H3,(H2,31,38)(H,32,33,37)/b13-6+. The summed E-state index contributed by atoms with van der Waals surface area (Å²) in [6.07, 6.45) is -3.26. The molecule has 2 aromatic rings. The number of amides is 3. The fraction of sp³-hybridized carbons (Fsp3) is 0.370. The number of piperidine rings is 1. The zero-order valence-corrected chi connectivity index (χ0v) is 23.6. The summed E-state index contributed by atoms with van der Waals surface area (Å²) in [6.45, 7) is 3.24. The second kappa shape index (κ2) is 11.7. The summed E-state index contributed by atoms with van der Waals surface area (Å²) < 4.78 is 69.3. The van der Waals surface area contributed by atoms with Crippen molar-refractivity contribution in [2.75, 3.05) is 31.1 Å². The molecule has 1 saturated heterocycles. The largest absolute Gasteiger partial charge is 0.573 e. The van der Waals surface area contributed by atoms with Crippen LogP contribution in [0.25, 0.3) is 6.08 Å².